The molecular formula is C5H2ClN3O2S. The van der Waals surface area contributed by atoms with Crippen LogP contribution < -0.4 is 0 Å². The minimum atomic E-state index is -3.87. The highest BCUT2D eigenvalue weighted by Gasteiger charge is 2.12. The zero-order chi connectivity index (χ0) is 9.19. The molecule has 1 heterocycles. The van der Waals surface area contributed by atoms with E-state index in [1.165, 1.54) is 0 Å². The van der Waals surface area contributed by atoms with E-state index in [4.69, 9.17) is 15.9 Å². The van der Waals surface area contributed by atoms with Crippen LogP contribution in [0.1, 0.15) is 5.69 Å². The van der Waals surface area contributed by atoms with Crippen LogP contribution in [0.3, 0.4) is 0 Å². The number of nitriles is 1. The van der Waals surface area contributed by atoms with Crippen LogP contribution in [0.15, 0.2) is 17.4 Å². The first-order valence-corrected chi connectivity index (χ1v) is 5.02. The Hall–Kier alpha value is -1.19. The average Bonchev–Trinajstić information content (AvgIpc) is 2.03. The first-order chi connectivity index (χ1) is 5.54. The highest BCUT2D eigenvalue weighted by Crippen LogP contribution is 2.10. The van der Waals surface area contributed by atoms with E-state index in [-0.39, 0.29) is 10.7 Å². The van der Waals surface area contributed by atoms with Crippen LogP contribution in [0.5, 0.6) is 0 Å². The molecule has 0 bridgehead atoms. The number of aromatic nitrogens is 2. The van der Waals surface area contributed by atoms with Gasteiger partial charge >= 0.3 is 0 Å². The second-order valence-electron chi connectivity index (χ2n) is 1.79. The van der Waals surface area contributed by atoms with Crippen molar-refractivity contribution in [1.29, 1.82) is 5.26 Å². The predicted molar refractivity (Wildman–Crippen MR) is 39.8 cm³/mol. The van der Waals surface area contributed by atoms with Crippen molar-refractivity contribution in [2.45, 2.75) is 5.03 Å². The number of rotatable bonds is 1. The van der Waals surface area contributed by atoms with Gasteiger partial charge in [0.1, 0.15) is 18.1 Å². The normalized spacial score (nSPS) is 10.7. The lowest BCUT2D eigenvalue weighted by atomic mass is 10.4. The number of hydrogen-bond acceptors (Lipinski definition) is 5. The zero-order valence-corrected chi connectivity index (χ0v) is 7.17. The minimum absolute atomic E-state index is 0.0378. The van der Waals surface area contributed by atoms with E-state index < -0.39 is 9.05 Å². The van der Waals surface area contributed by atoms with Crippen LogP contribution >= 0.6 is 10.7 Å². The Morgan fingerprint density at radius 2 is 2.17 bits per heavy atom. The minimum Gasteiger partial charge on any atom is -0.226 e. The van der Waals surface area contributed by atoms with Crippen LogP contribution in [0.2, 0.25) is 0 Å². The third kappa shape index (κ3) is 1.90. The van der Waals surface area contributed by atoms with Gasteiger partial charge in [-0.25, -0.2) is 18.4 Å². The van der Waals surface area contributed by atoms with Crippen molar-refractivity contribution in [2.75, 3.05) is 0 Å². The molecule has 1 aromatic heterocycles. The molecule has 62 valence electrons. The molecule has 1 rings (SSSR count). The van der Waals surface area contributed by atoms with E-state index >= 15 is 0 Å². The highest BCUT2D eigenvalue weighted by atomic mass is 35.7. The summed E-state index contributed by atoms with van der Waals surface area (Å²) in [5.41, 5.74) is -0.0378. The molecule has 0 N–H and O–H groups in total. The van der Waals surface area contributed by atoms with Crippen LogP contribution in [0.4, 0.5) is 0 Å². The summed E-state index contributed by atoms with van der Waals surface area (Å²) in [6, 6.07) is 2.67. The Bertz CT molecular complexity index is 436. The molecular weight excluding hydrogens is 202 g/mol. The van der Waals surface area contributed by atoms with Gasteiger partial charge in [0.15, 0.2) is 5.03 Å². The summed E-state index contributed by atoms with van der Waals surface area (Å²) < 4.78 is 21.3. The Kier molecular flexibility index (Phi) is 2.26. The summed E-state index contributed by atoms with van der Waals surface area (Å²) in [4.78, 5) is 6.85. The number of halogens is 1. The highest BCUT2D eigenvalue weighted by molar-refractivity contribution is 8.13. The third-order valence-corrected chi connectivity index (χ3v) is 2.20. The summed E-state index contributed by atoms with van der Waals surface area (Å²) in [5.74, 6) is 0. The molecule has 0 aliphatic heterocycles. The molecule has 0 fully saturated rings. The Morgan fingerprint density at radius 1 is 1.50 bits per heavy atom. The van der Waals surface area contributed by atoms with E-state index in [1.807, 2.05) is 0 Å². The topological polar surface area (TPSA) is 83.7 Å². The fraction of sp³-hybridized carbons (Fsp3) is 0. The molecule has 0 aromatic carbocycles. The molecule has 0 atom stereocenters. The van der Waals surface area contributed by atoms with Gasteiger partial charge in [0.2, 0.25) is 0 Å². The fourth-order valence-corrected chi connectivity index (χ4v) is 1.21. The molecule has 0 saturated carbocycles. The Morgan fingerprint density at radius 3 is 2.67 bits per heavy atom. The second-order valence-corrected chi connectivity index (χ2v) is 4.30. The van der Waals surface area contributed by atoms with E-state index in [0.717, 1.165) is 12.4 Å². The van der Waals surface area contributed by atoms with Crippen LogP contribution in [-0.4, -0.2) is 18.4 Å². The summed E-state index contributed by atoms with van der Waals surface area (Å²) in [7, 11) is 1.09. The summed E-state index contributed by atoms with van der Waals surface area (Å²) in [5, 5.41) is 7.98. The summed E-state index contributed by atoms with van der Waals surface area (Å²) in [6.07, 6.45) is 0.966. The maximum Gasteiger partial charge on any atom is 0.278 e. The van der Waals surface area contributed by atoms with Crippen molar-refractivity contribution in [1.82, 2.24) is 9.97 Å². The van der Waals surface area contributed by atoms with Crippen molar-refractivity contribution in [3.63, 3.8) is 0 Å². The van der Waals surface area contributed by atoms with E-state index in [9.17, 15) is 8.42 Å². The van der Waals surface area contributed by atoms with Crippen LogP contribution in [0, 0.1) is 11.3 Å². The Labute approximate surface area is 73.1 Å². The summed E-state index contributed by atoms with van der Waals surface area (Å²) in [6.45, 7) is 0. The van der Waals surface area contributed by atoms with Gasteiger partial charge in [-0.1, -0.05) is 0 Å². The average molecular weight is 204 g/mol. The molecule has 0 unspecified atom stereocenters. The van der Waals surface area contributed by atoms with Gasteiger partial charge < -0.3 is 0 Å². The van der Waals surface area contributed by atoms with Crippen LogP contribution in [0.25, 0.3) is 0 Å². The van der Waals surface area contributed by atoms with Gasteiger partial charge in [0.05, 0.1) is 0 Å². The molecule has 0 saturated heterocycles. The van der Waals surface area contributed by atoms with E-state index in [0.29, 0.717) is 0 Å². The van der Waals surface area contributed by atoms with Crippen molar-refractivity contribution >= 4 is 19.7 Å². The largest absolute Gasteiger partial charge is 0.278 e. The molecule has 1 aromatic rings. The molecule has 7 heteroatoms. The van der Waals surface area contributed by atoms with Gasteiger partial charge in [-0.05, 0) is 0 Å². The monoisotopic (exact) mass is 203 g/mol. The van der Waals surface area contributed by atoms with Crippen molar-refractivity contribution in [3.8, 4) is 6.07 Å². The van der Waals surface area contributed by atoms with Crippen molar-refractivity contribution in [2.24, 2.45) is 0 Å². The standard InChI is InChI=1S/C5H2ClN3O2S/c6-12(10,11)5-1-4(2-7)8-3-9-5/h1,3H. The summed E-state index contributed by atoms with van der Waals surface area (Å²) >= 11 is 0. The molecule has 0 spiro atoms. The Balaban J connectivity index is 3.32. The predicted octanol–water partition coefficient (Wildman–Crippen LogP) is 0.276. The molecule has 0 radical (unpaired) electrons. The maximum absolute atomic E-state index is 10.7. The lowest BCUT2D eigenvalue weighted by Gasteiger charge is -1.92. The van der Waals surface area contributed by atoms with Crippen molar-refractivity contribution < 1.29 is 8.42 Å². The molecule has 0 amide bonds. The fourth-order valence-electron chi connectivity index (χ4n) is 0.534. The second kappa shape index (κ2) is 3.05. The lowest BCUT2D eigenvalue weighted by Crippen LogP contribution is -1.96. The van der Waals surface area contributed by atoms with Gasteiger partial charge in [-0.2, -0.15) is 5.26 Å². The quantitative estimate of drug-likeness (QED) is 0.483. The van der Waals surface area contributed by atoms with Crippen molar-refractivity contribution in [3.05, 3.63) is 18.1 Å². The first kappa shape index (κ1) is 8.90. The smallest absolute Gasteiger partial charge is 0.226 e. The molecule has 5 nitrogen and oxygen atoms in total. The molecule has 0 aliphatic rings. The van der Waals surface area contributed by atoms with Gasteiger partial charge in [-0.15, -0.1) is 0 Å². The number of hydrogen-bond donors (Lipinski definition) is 0. The van der Waals surface area contributed by atoms with Gasteiger partial charge in [-0.3, -0.25) is 0 Å². The maximum atomic E-state index is 10.7. The van der Waals surface area contributed by atoms with Crippen LogP contribution in [-0.2, 0) is 9.05 Å². The van der Waals surface area contributed by atoms with Gasteiger partial charge in [0, 0.05) is 16.7 Å². The third-order valence-electron chi connectivity index (χ3n) is 1.01. The SMILES string of the molecule is N#Cc1cc(S(=O)(=O)Cl)ncn1. The molecule has 12 heavy (non-hydrogen) atoms. The number of nitrogens with zero attached hydrogens (tertiary/aromatic N) is 3. The zero-order valence-electron chi connectivity index (χ0n) is 5.60. The lowest BCUT2D eigenvalue weighted by molar-refractivity contribution is 0.605. The van der Waals surface area contributed by atoms with E-state index in [1.54, 1.807) is 6.07 Å². The first-order valence-electron chi connectivity index (χ1n) is 2.71. The van der Waals surface area contributed by atoms with Gasteiger partial charge in [0.25, 0.3) is 9.05 Å². The van der Waals surface area contributed by atoms with E-state index in [2.05, 4.69) is 9.97 Å². The molecule has 0 aliphatic carbocycles.